The first kappa shape index (κ1) is 14.0. The second-order valence-electron chi connectivity index (χ2n) is 3.37. The molecule has 0 spiro atoms. The highest BCUT2D eigenvalue weighted by Crippen LogP contribution is 2.17. The van der Waals surface area contributed by atoms with Crippen LogP contribution in [0.3, 0.4) is 0 Å². The SMILES string of the molecule is COCC(=O)Nc1cccc(OCC(=O)OC)c1. The Morgan fingerprint density at radius 1 is 1.22 bits per heavy atom. The molecule has 0 heterocycles. The van der Waals surface area contributed by atoms with Crippen molar-refractivity contribution in [3.8, 4) is 5.75 Å². The molecular weight excluding hydrogens is 238 g/mol. The van der Waals surface area contributed by atoms with E-state index < -0.39 is 5.97 Å². The minimum atomic E-state index is -0.469. The molecule has 0 saturated carbocycles. The van der Waals surface area contributed by atoms with Crippen molar-refractivity contribution in [2.75, 3.05) is 32.8 Å². The van der Waals surface area contributed by atoms with Crippen LogP contribution in [-0.2, 0) is 19.1 Å². The molecule has 0 aromatic heterocycles. The molecule has 1 N–H and O–H groups in total. The summed E-state index contributed by atoms with van der Waals surface area (Å²) in [7, 11) is 2.72. The van der Waals surface area contributed by atoms with Crippen LogP contribution in [0.2, 0.25) is 0 Å². The predicted octanol–water partition coefficient (Wildman–Crippen LogP) is 0.823. The third-order valence-electron chi connectivity index (χ3n) is 1.98. The van der Waals surface area contributed by atoms with Gasteiger partial charge in [-0.2, -0.15) is 0 Å². The molecule has 0 aliphatic heterocycles. The van der Waals surface area contributed by atoms with E-state index in [2.05, 4.69) is 10.1 Å². The molecule has 1 rings (SSSR count). The van der Waals surface area contributed by atoms with Gasteiger partial charge < -0.3 is 19.5 Å². The van der Waals surface area contributed by atoms with Gasteiger partial charge in [-0.15, -0.1) is 0 Å². The van der Waals surface area contributed by atoms with Crippen molar-refractivity contribution < 1.29 is 23.8 Å². The van der Waals surface area contributed by atoms with Gasteiger partial charge in [0.15, 0.2) is 6.61 Å². The van der Waals surface area contributed by atoms with Gasteiger partial charge in [-0.3, -0.25) is 4.79 Å². The number of hydrogen-bond donors (Lipinski definition) is 1. The van der Waals surface area contributed by atoms with Crippen LogP contribution in [0.5, 0.6) is 5.75 Å². The van der Waals surface area contributed by atoms with E-state index in [0.29, 0.717) is 11.4 Å². The molecule has 1 amide bonds. The number of benzene rings is 1. The van der Waals surface area contributed by atoms with Crippen LogP contribution in [0.15, 0.2) is 24.3 Å². The van der Waals surface area contributed by atoms with Gasteiger partial charge in [0.1, 0.15) is 12.4 Å². The fourth-order valence-corrected chi connectivity index (χ4v) is 1.19. The van der Waals surface area contributed by atoms with Crippen molar-refractivity contribution in [2.45, 2.75) is 0 Å². The summed E-state index contributed by atoms with van der Waals surface area (Å²) in [4.78, 5) is 22.2. The lowest BCUT2D eigenvalue weighted by Crippen LogP contribution is -2.17. The largest absolute Gasteiger partial charge is 0.482 e. The molecular formula is C12H15NO5. The fourth-order valence-electron chi connectivity index (χ4n) is 1.19. The van der Waals surface area contributed by atoms with Crippen LogP contribution in [0.4, 0.5) is 5.69 Å². The van der Waals surface area contributed by atoms with Crippen molar-refractivity contribution in [3.63, 3.8) is 0 Å². The van der Waals surface area contributed by atoms with Crippen molar-refractivity contribution in [2.24, 2.45) is 0 Å². The Hall–Kier alpha value is -2.08. The van der Waals surface area contributed by atoms with Crippen molar-refractivity contribution in [3.05, 3.63) is 24.3 Å². The molecule has 0 atom stereocenters. The molecule has 0 bridgehead atoms. The van der Waals surface area contributed by atoms with Crippen LogP contribution < -0.4 is 10.1 Å². The first-order chi connectivity index (χ1) is 8.65. The maximum absolute atomic E-state index is 11.3. The van der Waals surface area contributed by atoms with Crippen LogP contribution in [0, 0.1) is 0 Å². The maximum atomic E-state index is 11.3. The molecule has 0 unspecified atom stereocenters. The number of carbonyl (C=O) groups excluding carboxylic acids is 2. The number of esters is 1. The number of amides is 1. The van der Waals surface area contributed by atoms with Gasteiger partial charge in [0, 0.05) is 18.9 Å². The van der Waals surface area contributed by atoms with Gasteiger partial charge in [-0.1, -0.05) is 6.07 Å². The number of carbonyl (C=O) groups is 2. The third kappa shape index (κ3) is 4.84. The second-order valence-corrected chi connectivity index (χ2v) is 3.37. The monoisotopic (exact) mass is 253 g/mol. The van der Waals surface area contributed by atoms with E-state index >= 15 is 0 Å². The van der Waals surface area contributed by atoms with Crippen molar-refractivity contribution in [1.29, 1.82) is 0 Å². The molecule has 0 aliphatic rings. The van der Waals surface area contributed by atoms with E-state index in [-0.39, 0.29) is 19.1 Å². The van der Waals surface area contributed by atoms with E-state index in [1.807, 2.05) is 0 Å². The van der Waals surface area contributed by atoms with Crippen LogP contribution in [0.25, 0.3) is 0 Å². The average molecular weight is 253 g/mol. The Kier molecular flexibility index (Phi) is 5.66. The van der Waals surface area contributed by atoms with E-state index in [9.17, 15) is 9.59 Å². The van der Waals surface area contributed by atoms with Gasteiger partial charge in [0.2, 0.25) is 5.91 Å². The Labute approximate surface area is 105 Å². The number of nitrogens with one attached hydrogen (secondary N) is 1. The number of anilines is 1. The van der Waals surface area contributed by atoms with Gasteiger partial charge in [-0.25, -0.2) is 4.79 Å². The normalized spacial score (nSPS) is 9.67. The second kappa shape index (κ2) is 7.29. The van der Waals surface area contributed by atoms with Crippen LogP contribution >= 0.6 is 0 Å². The lowest BCUT2D eigenvalue weighted by atomic mass is 10.3. The number of hydrogen-bond acceptors (Lipinski definition) is 5. The van der Waals surface area contributed by atoms with E-state index in [0.717, 1.165) is 0 Å². The molecule has 0 saturated heterocycles. The molecule has 0 aliphatic carbocycles. The third-order valence-corrected chi connectivity index (χ3v) is 1.98. The average Bonchev–Trinajstić information content (AvgIpc) is 2.36. The quantitative estimate of drug-likeness (QED) is 0.760. The predicted molar refractivity (Wildman–Crippen MR) is 64.5 cm³/mol. The highest BCUT2D eigenvalue weighted by molar-refractivity contribution is 5.91. The van der Waals surface area contributed by atoms with Crippen LogP contribution in [-0.4, -0.2) is 39.3 Å². The summed E-state index contributed by atoms with van der Waals surface area (Å²) in [6.45, 7) is -0.195. The summed E-state index contributed by atoms with van der Waals surface area (Å²) in [6.07, 6.45) is 0. The number of methoxy groups -OCH3 is 2. The molecule has 0 radical (unpaired) electrons. The minimum absolute atomic E-state index is 0.0206. The standard InChI is InChI=1S/C12H15NO5/c1-16-7-11(14)13-9-4-3-5-10(6-9)18-8-12(15)17-2/h3-6H,7-8H2,1-2H3,(H,13,14). The van der Waals surface area contributed by atoms with Gasteiger partial charge in [0.05, 0.1) is 7.11 Å². The highest BCUT2D eigenvalue weighted by Gasteiger charge is 2.04. The molecule has 6 heteroatoms. The van der Waals surface area contributed by atoms with Crippen molar-refractivity contribution >= 4 is 17.6 Å². The Balaban J connectivity index is 2.56. The minimum Gasteiger partial charge on any atom is -0.482 e. The Morgan fingerprint density at radius 3 is 2.67 bits per heavy atom. The smallest absolute Gasteiger partial charge is 0.343 e. The first-order valence-corrected chi connectivity index (χ1v) is 5.24. The van der Waals surface area contributed by atoms with Gasteiger partial charge >= 0.3 is 5.97 Å². The van der Waals surface area contributed by atoms with E-state index in [1.54, 1.807) is 24.3 Å². The fraction of sp³-hybridized carbons (Fsp3) is 0.333. The first-order valence-electron chi connectivity index (χ1n) is 5.24. The molecule has 18 heavy (non-hydrogen) atoms. The van der Waals surface area contributed by atoms with E-state index in [1.165, 1.54) is 14.2 Å². The molecule has 0 fully saturated rings. The molecule has 6 nitrogen and oxygen atoms in total. The van der Waals surface area contributed by atoms with E-state index in [4.69, 9.17) is 9.47 Å². The summed E-state index contributed by atoms with van der Waals surface area (Å²) in [5, 5.41) is 2.62. The lowest BCUT2D eigenvalue weighted by Gasteiger charge is -2.08. The number of ether oxygens (including phenoxy) is 3. The summed E-state index contributed by atoms with van der Waals surface area (Å²) in [6, 6.07) is 6.69. The zero-order chi connectivity index (χ0) is 13.4. The van der Waals surface area contributed by atoms with Gasteiger partial charge in [0.25, 0.3) is 0 Å². The Bertz CT molecular complexity index is 419. The zero-order valence-electron chi connectivity index (χ0n) is 10.3. The summed E-state index contributed by atoms with van der Waals surface area (Å²) >= 11 is 0. The zero-order valence-corrected chi connectivity index (χ0v) is 10.3. The summed E-state index contributed by atoms with van der Waals surface area (Å²) in [5.74, 6) is -0.262. The van der Waals surface area contributed by atoms with Gasteiger partial charge in [-0.05, 0) is 12.1 Å². The number of rotatable bonds is 6. The topological polar surface area (TPSA) is 73.9 Å². The maximum Gasteiger partial charge on any atom is 0.343 e. The molecule has 1 aromatic carbocycles. The Morgan fingerprint density at radius 2 is 2.00 bits per heavy atom. The van der Waals surface area contributed by atoms with Crippen LogP contribution in [0.1, 0.15) is 0 Å². The molecule has 1 aromatic rings. The highest BCUT2D eigenvalue weighted by atomic mass is 16.6. The summed E-state index contributed by atoms with van der Waals surface area (Å²) in [5.41, 5.74) is 0.569. The molecule has 98 valence electrons. The van der Waals surface area contributed by atoms with Crippen molar-refractivity contribution in [1.82, 2.24) is 0 Å². The lowest BCUT2D eigenvalue weighted by molar-refractivity contribution is -0.142. The summed E-state index contributed by atoms with van der Waals surface area (Å²) < 4.78 is 14.3.